The van der Waals surface area contributed by atoms with Crippen molar-refractivity contribution in [1.82, 2.24) is 19.7 Å². The van der Waals surface area contributed by atoms with Crippen molar-refractivity contribution in [1.29, 1.82) is 0 Å². The third kappa shape index (κ3) is 4.45. The quantitative estimate of drug-likeness (QED) is 0.605. The topological polar surface area (TPSA) is 54.3 Å². The van der Waals surface area contributed by atoms with Gasteiger partial charge in [0.25, 0.3) is 5.91 Å². The number of aryl methyl sites for hydroxylation is 2. The van der Waals surface area contributed by atoms with Gasteiger partial charge in [-0.25, -0.2) is 4.98 Å². The van der Waals surface area contributed by atoms with Crippen LogP contribution in [-0.4, -0.2) is 51.8 Å². The molecule has 2 aromatic heterocycles. The number of carbonyl (C=O) groups excluding carboxylic acids is 1. The van der Waals surface area contributed by atoms with Crippen LogP contribution >= 0.6 is 23.2 Å². The molecular weight excluding hydrogens is 421 g/mol. The third-order valence-electron chi connectivity index (χ3n) is 5.26. The highest BCUT2D eigenvalue weighted by Gasteiger charge is 2.24. The molecule has 0 aliphatic carbocycles. The Morgan fingerprint density at radius 2 is 1.83 bits per heavy atom. The number of aromatic nitrogens is 3. The summed E-state index contributed by atoms with van der Waals surface area (Å²) in [7, 11) is 0. The molecule has 0 N–H and O–H groups in total. The van der Waals surface area contributed by atoms with Gasteiger partial charge in [-0.1, -0.05) is 35.3 Å². The summed E-state index contributed by atoms with van der Waals surface area (Å²) in [6, 6.07) is 11.5. The molecule has 1 amide bonds. The smallest absolute Gasteiger partial charge is 0.253 e. The summed E-state index contributed by atoms with van der Waals surface area (Å²) in [5.41, 5.74) is 3.86. The molecule has 3 aromatic rings. The van der Waals surface area contributed by atoms with Crippen LogP contribution in [0.5, 0.6) is 0 Å². The van der Waals surface area contributed by atoms with Crippen molar-refractivity contribution in [3.05, 3.63) is 75.2 Å². The van der Waals surface area contributed by atoms with E-state index < -0.39 is 0 Å². The number of benzene rings is 1. The maximum absolute atomic E-state index is 13.1. The van der Waals surface area contributed by atoms with Gasteiger partial charge in [-0.3, -0.25) is 9.48 Å². The summed E-state index contributed by atoms with van der Waals surface area (Å²) in [6.07, 6.45) is 1.59. The number of hydrogen-bond acceptors (Lipinski definition) is 4. The van der Waals surface area contributed by atoms with E-state index in [2.05, 4.69) is 21.0 Å². The van der Waals surface area contributed by atoms with Crippen molar-refractivity contribution in [3.8, 4) is 0 Å². The molecule has 0 saturated carbocycles. The summed E-state index contributed by atoms with van der Waals surface area (Å²) in [4.78, 5) is 21.4. The molecular formula is C22H23Cl2N5O. The average Bonchev–Trinajstić information content (AvgIpc) is 3.04. The molecule has 0 atom stereocenters. The monoisotopic (exact) mass is 443 g/mol. The average molecular weight is 444 g/mol. The Balaban J connectivity index is 1.42. The lowest BCUT2D eigenvalue weighted by atomic mass is 10.1. The number of carbonyl (C=O) groups is 1. The summed E-state index contributed by atoms with van der Waals surface area (Å²) in [5.74, 6) is 0.750. The second-order valence-corrected chi connectivity index (χ2v) is 8.37. The molecule has 30 heavy (non-hydrogen) atoms. The fourth-order valence-electron chi connectivity index (χ4n) is 3.75. The molecule has 0 bridgehead atoms. The number of rotatable bonds is 4. The van der Waals surface area contributed by atoms with Gasteiger partial charge < -0.3 is 9.80 Å². The Morgan fingerprint density at radius 1 is 1.07 bits per heavy atom. The normalized spacial score (nSPS) is 14.3. The first-order chi connectivity index (χ1) is 14.4. The molecule has 6 nitrogen and oxygen atoms in total. The molecule has 8 heteroatoms. The summed E-state index contributed by atoms with van der Waals surface area (Å²) in [6.45, 7) is 7.24. The van der Waals surface area contributed by atoms with Crippen LogP contribution in [0.15, 0.2) is 42.6 Å². The molecule has 0 radical (unpaired) electrons. The van der Waals surface area contributed by atoms with E-state index in [1.807, 2.05) is 47.7 Å². The second-order valence-electron chi connectivity index (χ2n) is 7.52. The first-order valence-electron chi connectivity index (χ1n) is 9.86. The Labute approximate surface area is 186 Å². The zero-order valence-corrected chi connectivity index (χ0v) is 18.5. The Morgan fingerprint density at radius 3 is 2.50 bits per heavy atom. The number of hydrogen-bond donors (Lipinski definition) is 0. The van der Waals surface area contributed by atoms with Crippen molar-refractivity contribution in [2.75, 3.05) is 31.1 Å². The van der Waals surface area contributed by atoms with E-state index in [0.717, 1.165) is 17.0 Å². The van der Waals surface area contributed by atoms with Crippen LogP contribution in [0, 0.1) is 13.8 Å². The molecule has 3 heterocycles. The van der Waals surface area contributed by atoms with E-state index in [-0.39, 0.29) is 5.91 Å². The van der Waals surface area contributed by atoms with Gasteiger partial charge in [0.2, 0.25) is 0 Å². The number of anilines is 1. The van der Waals surface area contributed by atoms with Crippen molar-refractivity contribution >= 4 is 34.9 Å². The fraction of sp³-hybridized carbons (Fsp3) is 0.318. The van der Waals surface area contributed by atoms with Crippen molar-refractivity contribution < 1.29 is 4.79 Å². The van der Waals surface area contributed by atoms with Crippen LogP contribution in [-0.2, 0) is 6.54 Å². The molecule has 156 valence electrons. The van der Waals surface area contributed by atoms with Gasteiger partial charge in [-0.15, -0.1) is 0 Å². The molecule has 1 aromatic carbocycles. The second kappa shape index (κ2) is 8.66. The molecule has 1 fully saturated rings. The molecule has 0 unspecified atom stereocenters. The number of piperazine rings is 1. The van der Waals surface area contributed by atoms with E-state index in [9.17, 15) is 4.79 Å². The number of pyridine rings is 1. The van der Waals surface area contributed by atoms with Crippen LogP contribution in [0.1, 0.15) is 27.3 Å². The van der Waals surface area contributed by atoms with Crippen LogP contribution in [0.4, 0.5) is 5.82 Å². The van der Waals surface area contributed by atoms with E-state index in [1.165, 1.54) is 0 Å². The van der Waals surface area contributed by atoms with E-state index in [1.54, 1.807) is 12.3 Å². The molecule has 4 rings (SSSR count). The largest absolute Gasteiger partial charge is 0.352 e. The molecule has 1 aliphatic rings. The standard InChI is InChI=1S/C22H23Cl2N5O/c1-15-10-16(2)29(26-15)14-17-4-3-5-18(11-17)22(30)28-8-6-27(7-9-28)21-20(24)12-19(23)13-25-21/h3-5,10-13H,6-9,14H2,1-2H3. The predicted octanol–water partition coefficient (Wildman–Crippen LogP) is 4.21. The van der Waals surface area contributed by atoms with E-state index in [0.29, 0.717) is 54.2 Å². The van der Waals surface area contributed by atoms with Gasteiger partial charge in [0.15, 0.2) is 0 Å². The minimum absolute atomic E-state index is 0.0417. The maximum Gasteiger partial charge on any atom is 0.253 e. The molecule has 1 aliphatic heterocycles. The summed E-state index contributed by atoms with van der Waals surface area (Å²) >= 11 is 12.2. The number of nitrogens with zero attached hydrogens (tertiary/aromatic N) is 5. The highest BCUT2D eigenvalue weighted by atomic mass is 35.5. The van der Waals surface area contributed by atoms with Gasteiger partial charge in [0.1, 0.15) is 5.82 Å². The van der Waals surface area contributed by atoms with Gasteiger partial charge >= 0.3 is 0 Å². The molecule has 0 spiro atoms. The number of halogens is 2. The maximum atomic E-state index is 13.1. The number of amides is 1. The van der Waals surface area contributed by atoms with Crippen molar-refractivity contribution in [2.24, 2.45) is 0 Å². The lowest BCUT2D eigenvalue weighted by Gasteiger charge is -2.35. The summed E-state index contributed by atoms with van der Waals surface area (Å²) in [5, 5.41) is 5.55. The lowest BCUT2D eigenvalue weighted by molar-refractivity contribution is 0.0746. The zero-order chi connectivity index (χ0) is 21.3. The summed E-state index contributed by atoms with van der Waals surface area (Å²) < 4.78 is 1.96. The van der Waals surface area contributed by atoms with Crippen molar-refractivity contribution in [2.45, 2.75) is 20.4 Å². The predicted molar refractivity (Wildman–Crippen MR) is 120 cm³/mol. The van der Waals surface area contributed by atoms with Gasteiger partial charge in [-0.05, 0) is 43.7 Å². The van der Waals surface area contributed by atoms with E-state index >= 15 is 0 Å². The van der Waals surface area contributed by atoms with Crippen LogP contribution in [0.25, 0.3) is 0 Å². The highest BCUT2D eigenvalue weighted by molar-refractivity contribution is 6.36. The first-order valence-corrected chi connectivity index (χ1v) is 10.6. The van der Waals surface area contributed by atoms with Crippen LogP contribution in [0.3, 0.4) is 0 Å². The van der Waals surface area contributed by atoms with Crippen molar-refractivity contribution in [3.63, 3.8) is 0 Å². The minimum Gasteiger partial charge on any atom is -0.352 e. The highest BCUT2D eigenvalue weighted by Crippen LogP contribution is 2.27. The van der Waals surface area contributed by atoms with Crippen LogP contribution in [0.2, 0.25) is 10.0 Å². The Hall–Kier alpha value is -2.57. The minimum atomic E-state index is 0.0417. The van der Waals surface area contributed by atoms with Gasteiger partial charge in [-0.2, -0.15) is 5.10 Å². The van der Waals surface area contributed by atoms with E-state index in [4.69, 9.17) is 23.2 Å². The van der Waals surface area contributed by atoms with Gasteiger partial charge in [0.05, 0.1) is 22.3 Å². The Bertz CT molecular complexity index is 1070. The lowest BCUT2D eigenvalue weighted by Crippen LogP contribution is -2.49. The Kier molecular flexibility index (Phi) is 5.97. The zero-order valence-electron chi connectivity index (χ0n) is 17.0. The van der Waals surface area contributed by atoms with Gasteiger partial charge in [0, 0.05) is 43.6 Å². The molecule has 1 saturated heterocycles. The van der Waals surface area contributed by atoms with Crippen LogP contribution < -0.4 is 4.90 Å². The SMILES string of the molecule is Cc1cc(C)n(Cc2cccc(C(=O)N3CCN(c4ncc(Cl)cc4Cl)CC3)c2)n1. The first kappa shape index (κ1) is 20.7. The fourth-order valence-corrected chi connectivity index (χ4v) is 4.25. The third-order valence-corrected chi connectivity index (χ3v) is 5.75.